The van der Waals surface area contributed by atoms with Crippen LogP contribution >= 0.6 is 0 Å². The maximum atomic E-state index is 14.1. The van der Waals surface area contributed by atoms with E-state index >= 15 is 0 Å². The van der Waals surface area contributed by atoms with Crippen LogP contribution in [0.3, 0.4) is 0 Å². The number of phenolic OH excluding ortho intramolecular Hbond substituents is 1. The lowest BCUT2D eigenvalue weighted by Gasteiger charge is -2.26. The summed E-state index contributed by atoms with van der Waals surface area (Å²) in [7, 11) is 0. The van der Waals surface area contributed by atoms with Crippen LogP contribution in [0, 0.1) is 11.8 Å². The second-order valence-corrected chi connectivity index (χ2v) is 9.49. The highest BCUT2D eigenvalue weighted by atomic mass is 19.4. The third-order valence-electron chi connectivity index (χ3n) is 5.34. The number of ether oxygens (including phenoxy) is 2. The van der Waals surface area contributed by atoms with Gasteiger partial charge in [0.05, 0.1) is 17.6 Å². The van der Waals surface area contributed by atoms with E-state index in [4.69, 9.17) is 13.9 Å². The summed E-state index contributed by atoms with van der Waals surface area (Å²) in [6.07, 6.45) is -5.03. The molecule has 6 nitrogen and oxygen atoms in total. The average Bonchev–Trinajstić information content (AvgIpc) is 2.77. The maximum Gasteiger partial charge on any atom is 0.453 e. The highest BCUT2D eigenvalue weighted by Crippen LogP contribution is 2.41. The molecule has 0 aliphatic carbocycles. The van der Waals surface area contributed by atoms with E-state index in [1.165, 1.54) is 24.3 Å². The Balaban J connectivity index is 2.21. The number of alkyl halides is 3. The lowest BCUT2D eigenvalue weighted by molar-refractivity contribution is -0.154. The van der Waals surface area contributed by atoms with Gasteiger partial charge in [-0.1, -0.05) is 39.8 Å². The lowest BCUT2D eigenvalue weighted by Crippen LogP contribution is -2.31. The molecule has 0 radical (unpaired) electrons. The van der Waals surface area contributed by atoms with Crippen molar-refractivity contribution < 1.29 is 32.2 Å². The number of hydrogen-bond donors (Lipinski definition) is 1. The molecule has 0 aliphatic rings. The minimum absolute atomic E-state index is 0.0458. The van der Waals surface area contributed by atoms with Crippen molar-refractivity contribution in [2.24, 2.45) is 11.8 Å². The van der Waals surface area contributed by atoms with Crippen LogP contribution in [-0.4, -0.2) is 29.7 Å². The molecule has 3 aromatic rings. The van der Waals surface area contributed by atoms with E-state index in [1.54, 1.807) is 19.1 Å². The van der Waals surface area contributed by atoms with Gasteiger partial charge in [0.2, 0.25) is 11.2 Å². The molecule has 2 aromatic carbocycles. The van der Waals surface area contributed by atoms with E-state index in [1.807, 2.05) is 32.6 Å². The van der Waals surface area contributed by atoms with Crippen molar-refractivity contribution in [1.29, 1.82) is 0 Å². The van der Waals surface area contributed by atoms with Crippen LogP contribution in [-0.2, 0) is 12.7 Å². The third kappa shape index (κ3) is 6.32. The van der Waals surface area contributed by atoms with Crippen molar-refractivity contribution in [3.8, 4) is 23.0 Å². The van der Waals surface area contributed by atoms with Crippen LogP contribution in [0.25, 0.3) is 11.0 Å². The van der Waals surface area contributed by atoms with Crippen molar-refractivity contribution in [3.63, 3.8) is 0 Å². The van der Waals surface area contributed by atoms with Crippen LogP contribution < -0.4 is 14.9 Å². The minimum Gasteiger partial charge on any atom is -0.507 e. The van der Waals surface area contributed by atoms with Gasteiger partial charge in [-0.25, -0.2) is 0 Å². The van der Waals surface area contributed by atoms with Gasteiger partial charge < -0.3 is 19.0 Å². The molecule has 0 saturated heterocycles. The van der Waals surface area contributed by atoms with Crippen molar-refractivity contribution in [3.05, 3.63) is 57.9 Å². The molecule has 0 saturated carbocycles. The lowest BCUT2D eigenvalue weighted by atomic mass is 10.1. The Morgan fingerprint density at radius 3 is 2.17 bits per heavy atom. The Morgan fingerprint density at radius 2 is 1.61 bits per heavy atom. The number of hydrogen-bond acceptors (Lipinski definition) is 6. The van der Waals surface area contributed by atoms with Crippen LogP contribution in [0.2, 0.25) is 0 Å². The number of nitrogens with zero attached hydrogens (tertiary/aromatic N) is 1. The van der Waals surface area contributed by atoms with Crippen LogP contribution in [0.4, 0.5) is 13.2 Å². The summed E-state index contributed by atoms with van der Waals surface area (Å²) in [6, 6.07) is 8.68. The highest BCUT2D eigenvalue weighted by Gasteiger charge is 2.41. The summed E-state index contributed by atoms with van der Waals surface area (Å²) in [5, 5.41) is 10.5. The molecule has 1 aromatic heterocycles. The van der Waals surface area contributed by atoms with Gasteiger partial charge in [0.1, 0.15) is 11.3 Å². The summed E-state index contributed by atoms with van der Waals surface area (Å²) >= 11 is 0. The molecule has 0 fully saturated rings. The molecule has 1 N–H and O–H groups in total. The number of benzene rings is 2. The normalized spacial score (nSPS) is 12.2. The topological polar surface area (TPSA) is 72.1 Å². The molecular formula is C27H32F3NO5. The average molecular weight is 508 g/mol. The minimum atomic E-state index is -5.03. The van der Waals surface area contributed by atoms with Gasteiger partial charge in [-0.2, -0.15) is 13.2 Å². The molecule has 196 valence electrons. The van der Waals surface area contributed by atoms with Gasteiger partial charge in [-0.15, -0.1) is 0 Å². The van der Waals surface area contributed by atoms with Gasteiger partial charge in [0.25, 0.3) is 5.76 Å². The first-order chi connectivity index (χ1) is 16.9. The summed E-state index contributed by atoms with van der Waals surface area (Å²) in [6.45, 7) is 11.5. The predicted octanol–water partition coefficient (Wildman–Crippen LogP) is 6.82. The third-order valence-corrected chi connectivity index (χ3v) is 5.34. The first-order valence-electron chi connectivity index (χ1n) is 11.9. The van der Waals surface area contributed by atoms with Crippen LogP contribution in [0.5, 0.6) is 23.0 Å². The second-order valence-electron chi connectivity index (χ2n) is 9.49. The molecule has 0 spiro atoms. The Bertz CT molecular complexity index is 1240. The maximum absolute atomic E-state index is 14.1. The van der Waals surface area contributed by atoms with Gasteiger partial charge in [-0.05, 0) is 43.0 Å². The fourth-order valence-corrected chi connectivity index (χ4v) is 4.10. The Hall–Kier alpha value is -3.20. The van der Waals surface area contributed by atoms with E-state index < -0.39 is 23.1 Å². The first-order valence-corrected chi connectivity index (χ1v) is 11.9. The SMILES string of the molecule is CCOc1ccccc1Oc1c(C(F)(F)F)oc2c(CN(CC(C)C)CC(C)C)c(O)ccc2c1=O. The molecular weight excluding hydrogens is 475 g/mol. The van der Waals surface area contributed by atoms with E-state index in [9.17, 15) is 23.1 Å². The molecule has 0 unspecified atom stereocenters. The van der Waals surface area contributed by atoms with Crippen molar-refractivity contribution in [2.45, 2.75) is 47.3 Å². The number of para-hydroxylation sites is 2. The number of aromatic hydroxyl groups is 1. The summed E-state index contributed by atoms with van der Waals surface area (Å²) in [5.41, 5.74) is -1.18. The monoisotopic (exact) mass is 507 g/mol. The van der Waals surface area contributed by atoms with E-state index in [-0.39, 0.29) is 58.8 Å². The quantitative estimate of drug-likeness (QED) is 0.325. The highest BCUT2D eigenvalue weighted by molar-refractivity contribution is 5.83. The summed E-state index contributed by atoms with van der Waals surface area (Å²) < 4.78 is 58.7. The van der Waals surface area contributed by atoms with E-state index in [2.05, 4.69) is 0 Å². The van der Waals surface area contributed by atoms with E-state index in [0.717, 1.165) is 0 Å². The largest absolute Gasteiger partial charge is 0.507 e. The zero-order valence-electron chi connectivity index (χ0n) is 21.1. The molecule has 0 amide bonds. The second kappa shape index (κ2) is 11.2. The number of phenols is 1. The van der Waals surface area contributed by atoms with Gasteiger partial charge in [0.15, 0.2) is 11.5 Å². The number of fused-ring (bicyclic) bond motifs is 1. The fraction of sp³-hybridized carbons (Fsp3) is 0.444. The molecule has 0 bridgehead atoms. The molecule has 1 heterocycles. The molecule has 36 heavy (non-hydrogen) atoms. The summed E-state index contributed by atoms with van der Waals surface area (Å²) in [5.74, 6) is -2.09. The predicted molar refractivity (Wildman–Crippen MR) is 132 cm³/mol. The van der Waals surface area contributed by atoms with Crippen molar-refractivity contribution in [2.75, 3.05) is 19.7 Å². The molecule has 3 rings (SSSR count). The Morgan fingerprint density at radius 1 is 1.00 bits per heavy atom. The van der Waals surface area contributed by atoms with Crippen molar-refractivity contribution >= 4 is 11.0 Å². The fourth-order valence-electron chi connectivity index (χ4n) is 4.10. The first kappa shape index (κ1) is 27.4. The van der Waals surface area contributed by atoms with Gasteiger partial charge in [-0.3, -0.25) is 9.69 Å². The smallest absolute Gasteiger partial charge is 0.453 e. The summed E-state index contributed by atoms with van der Waals surface area (Å²) in [4.78, 5) is 15.4. The van der Waals surface area contributed by atoms with Gasteiger partial charge in [0, 0.05) is 19.6 Å². The standard InChI is InChI=1S/C27H32F3NO5/c1-6-34-21-9-7-8-10-22(21)35-25-23(33)18-11-12-20(32)19(24(18)36-26(25)27(28,29)30)15-31(13-16(2)3)14-17(4)5/h7-12,16-17,32H,6,13-15H2,1-5H3. The number of halogens is 3. The zero-order valence-corrected chi connectivity index (χ0v) is 21.1. The van der Waals surface area contributed by atoms with Crippen LogP contribution in [0.1, 0.15) is 45.9 Å². The molecule has 9 heteroatoms. The Kier molecular flexibility index (Phi) is 8.55. The Labute approximate surface area is 208 Å². The molecule has 0 aliphatic heterocycles. The van der Waals surface area contributed by atoms with Gasteiger partial charge >= 0.3 is 6.18 Å². The van der Waals surface area contributed by atoms with Crippen LogP contribution in [0.15, 0.2) is 45.6 Å². The zero-order chi connectivity index (χ0) is 26.6. The van der Waals surface area contributed by atoms with E-state index in [0.29, 0.717) is 13.1 Å². The molecule has 0 atom stereocenters. The number of rotatable bonds is 10. The van der Waals surface area contributed by atoms with Crippen molar-refractivity contribution in [1.82, 2.24) is 4.90 Å².